The summed E-state index contributed by atoms with van der Waals surface area (Å²) in [5, 5.41) is 30.0. The zero-order valence-electron chi connectivity index (χ0n) is 26.2. The summed E-state index contributed by atoms with van der Waals surface area (Å²) in [5.74, 6) is -2.26. The fraction of sp³-hybridized carbons (Fsp3) is 0.727. The van der Waals surface area contributed by atoms with Crippen LogP contribution < -0.4 is 0 Å². The van der Waals surface area contributed by atoms with Crippen LogP contribution in [-0.2, 0) is 23.9 Å². The van der Waals surface area contributed by atoms with Gasteiger partial charge in [0.05, 0.1) is 6.10 Å². The van der Waals surface area contributed by atoms with Crippen molar-refractivity contribution in [1.82, 2.24) is 0 Å². The van der Waals surface area contributed by atoms with Crippen molar-refractivity contribution in [2.75, 3.05) is 6.61 Å². The lowest BCUT2D eigenvalue weighted by Crippen LogP contribution is -2.34. The molecule has 234 valence electrons. The molecule has 0 aliphatic carbocycles. The number of carbonyl (C=O) groups is 3. The monoisotopic (exact) mass is 578 g/mol. The molecule has 3 N–H and O–H groups in total. The number of cyclic esters (lactones) is 1. The molecule has 0 saturated carbocycles. The topological polar surface area (TPSA) is 130 Å². The van der Waals surface area contributed by atoms with E-state index in [1.807, 2.05) is 19.9 Å². The smallest absolute Gasteiger partial charge is 0.338 e. The molecule has 8 nitrogen and oxygen atoms in total. The van der Waals surface area contributed by atoms with Crippen LogP contribution in [0.25, 0.3) is 0 Å². The number of ether oxygens (including phenoxy) is 2. The van der Waals surface area contributed by atoms with Crippen LogP contribution in [0, 0.1) is 17.8 Å². The molecule has 0 bridgehead atoms. The van der Waals surface area contributed by atoms with Crippen LogP contribution in [0.15, 0.2) is 34.9 Å². The summed E-state index contributed by atoms with van der Waals surface area (Å²) in [7, 11) is 0. The van der Waals surface area contributed by atoms with Gasteiger partial charge in [0.1, 0.15) is 12.7 Å². The van der Waals surface area contributed by atoms with Crippen LogP contribution in [0.1, 0.15) is 106 Å². The summed E-state index contributed by atoms with van der Waals surface area (Å²) in [6.07, 6.45) is 11.7. The number of aliphatic hydroxyl groups excluding tert-OH is 3. The molecule has 1 aliphatic heterocycles. The fourth-order valence-corrected chi connectivity index (χ4v) is 5.18. The van der Waals surface area contributed by atoms with Crippen LogP contribution in [-0.4, -0.2) is 64.1 Å². The minimum atomic E-state index is -1.66. The molecule has 1 saturated heterocycles. The lowest BCUT2D eigenvalue weighted by atomic mass is 9.88. The first kappa shape index (κ1) is 36.7. The van der Waals surface area contributed by atoms with Gasteiger partial charge in [0.25, 0.3) is 0 Å². The molecular formula is C33H54O8. The van der Waals surface area contributed by atoms with Gasteiger partial charge in [0.15, 0.2) is 18.0 Å². The van der Waals surface area contributed by atoms with E-state index in [9.17, 15) is 29.7 Å². The summed E-state index contributed by atoms with van der Waals surface area (Å²) in [4.78, 5) is 36.6. The number of ketones is 1. The highest BCUT2D eigenvalue weighted by Crippen LogP contribution is 2.23. The van der Waals surface area contributed by atoms with Crippen molar-refractivity contribution in [1.29, 1.82) is 0 Å². The molecule has 1 heterocycles. The maximum atomic E-state index is 12.9. The summed E-state index contributed by atoms with van der Waals surface area (Å²) >= 11 is 0. The van der Waals surface area contributed by atoms with Crippen LogP contribution in [0.5, 0.6) is 0 Å². The van der Waals surface area contributed by atoms with Crippen molar-refractivity contribution in [3.05, 3.63) is 34.9 Å². The van der Waals surface area contributed by atoms with E-state index in [4.69, 9.17) is 9.47 Å². The van der Waals surface area contributed by atoms with Crippen molar-refractivity contribution < 1.29 is 39.2 Å². The Bertz CT molecular complexity index is 934. The summed E-state index contributed by atoms with van der Waals surface area (Å²) in [6.45, 7) is 12.8. The molecule has 1 aliphatic rings. The average molecular weight is 579 g/mol. The predicted molar refractivity (Wildman–Crippen MR) is 160 cm³/mol. The number of Topliss-reactive ketones (excluding diaryl/α,β-unsaturated/α-hetero) is 1. The van der Waals surface area contributed by atoms with E-state index >= 15 is 0 Å². The molecule has 0 unspecified atom stereocenters. The Labute approximate surface area is 246 Å². The first-order chi connectivity index (χ1) is 19.3. The number of hydrogen-bond donors (Lipinski definition) is 3. The highest BCUT2D eigenvalue weighted by Gasteiger charge is 2.43. The van der Waals surface area contributed by atoms with Crippen molar-refractivity contribution in [2.24, 2.45) is 17.8 Å². The van der Waals surface area contributed by atoms with Gasteiger partial charge in [-0.25, -0.2) is 9.59 Å². The standard InChI is InChI=1S/C33H54O8/c1-8-9-10-11-12-13-14-15-16-22(3)28(34)23(4)17-21(2)18-24(5)29(35)25(6)19-26(7)32(38)40-20-27-30(36)31(37)33(39)41-27/h17-19,22-23,25,27-28,30-31,34,36-37H,8-16,20H2,1-7H3/b21-17+,24-18+,26-19+/t22-,23-,25+,27+,28+,30+,31-/m0/s1. The highest BCUT2D eigenvalue weighted by molar-refractivity contribution is 5.99. The van der Waals surface area contributed by atoms with Gasteiger partial charge in [-0.2, -0.15) is 0 Å². The number of allylic oxidation sites excluding steroid dienone is 4. The minimum Gasteiger partial charge on any atom is -0.458 e. The Kier molecular flexibility index (Phi) is 17.0. The predicted octanol–water partition coefficient (Wildman–Crippen LogP) is 5.38. The molecule has 0 aromatic carbocycles. The Balaban J connectivity index is 2.56. The fourth-order valence-electron chi connectivity index (χ4n) is 5.18. The number of unbranched alkanes of at least 4 members (excludes halogenated alkanes) is 7. The van der Waals surface area contributed by atoms with Crippen molar-refractivity contribution in [3.63, 3.8) is 0 Å². The Hall–Kier alpha value is -2.29. The summed E-state index contributed by atoms with van der Waals surface area (Å²) in [5.41, 5.74) is 1.63. The van der Waals surface area contributed by atoms with Gasteiger partial charge in [0, 0.05) is 17.4 Å². The van der Waals surface area contributed by atoms with E-state index in [1.54, 1.807) is 19.9 Å². The van der Waals surface area contributed by atoms with E-state index in [-0.39, 0.29) is 23.2 Å². The molecule has 1 rings (SSSR count). The van der Waals surface area contributed by atoms with E-state index in [0.717, 1.165) is 18.4 Å². The van der Waals surface area contributed by atoms with Gasteiger partial charge in [-0.1, -0.05) is 103 Å². The van der Waals surface area contributed by atoms with Crippen LogP contribution in [0.2, 0.25) is 0 Å². The van der Waals surface area contributed by atoms with E-state index in [2.05, 4.69) is 13.8 Å². The second-order valence-corrected chi connectivity index (χ2v) is 11.8. The molecule has 1 fully saturated rings. The Morgan fingerprint density at radius 1 is 0.927 bits per heavy atom. The SMILES string of the molecule is CCCCCCCCCC[C@H](C)[C@@H](O)[C@@H](C)/C=C(C)/C=C(\C)C(=O)[C@H](C)/C=C(\C)C(=O)OC[C@H]1OC(=O)[C@@H](O)[C@@H]1O. The minimum absolute atomic E-state index is 0.0497. The number of hydrogen-bond acceptors (Lipinski definition) is 8. The van der Waals surface area contributed by atoms with Gasteiger partial charge in [-0.3, -0.25) is 4.79 Å². The maximum Gasteiger partial charge on any atom is 0.338 e. The second kappa shape index (κ2) is 19.0. The third kappa shape index (κ3) is 13.0. The summed E-state index contributed by atoms with van der Waals surface area (Å²) < 4.78 is 9.87. The number of esters is 2. The zero-order chi connectivity index (χ0) is 31.1. The van der Waals surface area contributed by atoms with Crippen LogP contribution >= 0.6 is 0 Å². The quantitative estimate of drug-likeness (QED) is 0.0806. The third-order valence-corrected chi connectivity index (χ3v) is 7.82. The van der Waals surface area contributed by atoms with Crippen LogP contribution in [0.4, 0.5) is 0 Å². The lowest BCUT2D eigenvalue weighted by Gasteiger charge is -2.23. The van der Waals surface area contributed by atoms with Crippen molar-refractivity contribution >= 4 is 17.7 Å². The molecule has 0 spiro atoms. The van der Waals surface area contributed by atoms with Crippen molar-refractivity contribution in [2.45, 2.75) is 131 Å². The van der Waals surface area contributed by atoms with Crippen molar-refractivity contribution in [3.8, 4) is 0 Å². The van der Waals surface area contributed by atoms with Gasteiger partial charge in [-0.15, -0.1) is 0 Å². The first-order valence-electron chi connectivity index (χ1n) is 15.3. The van der Waals surface area contributed by atoms with Gasteiger partial charge in [0.2, 0.25) is 0 Å². The molecule has 7 atom stereocenters. The third-order valence-electron chi connectivity index (χ3n) is 7.82. The molecule has 8 heteroatoms. The zero-order valence-corrected chi connectivity index (χ0v) is 26.2. The number of rotatable bonds is 19. The Morgan fingerprint density at radius 2 is 1.51 bits per heavy atom. The second-order valence-electron chi connectivity index (χ2n) is 11.8. The number of aliphatic hydroxyl groups is 3. The van der Waals surface area contributed by atoms with Gasteiger partial charge < -0.3 is 24.8 Å². The molecule has 0 aromatic heterocycles. The lowest BCUT2D eigenvalue weighted by molar-refractivity contribution is -0.153. The number of carbonyl (C=O) groups excluding carboxylic acids is 3. The molecule has 41 heavy (non-hydrogen) atoms. The molecule has 0 amide bonds. The highest BCUT2D eigenvalue weighted by atomic mass is 16.6. The van der Waals surface area contributed by atoms with Gasteiger partial charge >= 0.3 is 11.9 Å². The normalized spacial score (nSPS) is 23.1. The van der Waals surface area contributed by atoms with E-state index < -0.39 is 48.9 Å². The van der Waals surface area contributed by atoms with Crippen LogP contribution in [0.3, 0.4) is 0 Å². The van der Waals surface area contributed by atoms with E-state index in [1.165, 1.54) is 57.9 Å². The largest absolute Gasteiger partial charge is 0.458 e. The first-order valence-corrected chi connectivity index (χ1v) is 15.3. The molecule has 0 radical (unpaired) electrons. The summed E-state index contributed by atoms with van der Waals surface area (Å²) in [6, 6.07) is 0. The van der Waals surface area contributed by atoms with Gasteiger partial charge in [-0.05, 0) is 38.7 Å². The van der Waals surface area contributed by atoms with E-state index in [0.29, 0.717) is 5.57 Å². The average Bonchev–Trinajstić information content (AvgIpc) is 3.17. The molecular weight excluding hydrogens is 524 g/mol. The maximum absolute atomic E-state index is 12.9. The Morgan fingerprint density at radius 3 is 2.07 bits per heavy atom. The molecule has 0 aromatic rings.